The van der Waals surface area contributed by atoms with Gasteiger partial charge < -0.3 is 43.6 Å². The lowest BCUT2D eigenvalue weighted by molar-refractivity contribution is -0.151. The van der Waals surface area contributed by atoms with E-state index in [4.69, 9.17) is 33.2 Å². The highest BCUT2D eigenvalue weighted by molar-refractivity contribution is 6.06. The minimum absolute atomic E-state index is 0.0165. The van der Waals surface area contributed by atoms with E-state index >= 15 is 0 Å². The standard InChI is InChI=1S/C49H49N7O11/c1-30-24-55(48(60)54-46(30)58)42-23-38(40(67-42)26-65-49(32-12-8-5-9-13-32,33-14-18-35(61-2)19-15-33)34-16-20-36(62-3)21-17-34)64-29-63-25-39-37(57)22-41(66-39)56-28-52-43-44(50-27-51-45(43)56)53-47(59)31-10-6-4-7-11-31/h4-21,24,27-28,37-42,57H,22-23,25-26,29H2,1-3H3,(H,54,58,60)(H,50,51,53,59)/t37-,38-,39+,40+,41+,42+/m0/s1. The first-order valence-electron chi connectivity index (χ1n) is 21.7. The Kier molecular flexibility index (Phi) is 13.3. The van der Waals surface area contributed by atoms with Gasteiger partial charge in [0.25, 0.3) is 11.5 Å². The van der Waals surface area contributed by atoms with Gasteiger partial charge in [0.15, 0.2) is 17.0 Å². The summed E-state index contributed by atoms with van der Waals surface area (Å²) in [5.41, 5.74) is 1.75. The molecule has 4 aromatic carbocycles. The van der Waals surface area contributed by atoms with E-state index in [1.165, 1.54) is 23.4 Å². The summed E-state index contributed by atoms with van der Waals surface area (Å²) in [7, 11) is 3.22. The van der Waals surface area contributed by atoms with Gasteiger partial charge in [0.05, 0.1) is 46.0 Å². The highest BCUT2D eigenvalue weighted by Crippen LogP contribution is 2.43. The van der Waals surface area contributed by atoms with Crippen LogP contribution in [0.2, 0.25) is 0 Å². The molecule has 7 aromatic rings. The van der Waals surface area contributed by atoms with Crippen molar-refractivity contribution >= 4 is 22.9 Å². The Labute approximate surface area is 384 Å². The van der Waals surface area contributed by atoms with Gasteiger partial charge in [-0.3, -0.25) is 23.7 Å². The summed E-state index contributed by atoms with van der Waals surface area (Å²) in [6, 6.07) is 33.9. The molecule has 2 aliphatic rings. The fourth-order valence-corrected chi connectivity index (χ4v) is 8.54. The van der Waals surface area contributed by atoms with Crippen molar-refractivity contribution in [1.82, 2.24) is 29.1 Å². The number of nitrogens with one attached hydrogen (secondary N) is 2. The van der Waals surface area contributed by atoms with Gasteiger partial charge in [-0.1, -0.05) is 72.8 Å². The number of fused-ring (bicyclic) bond motifs is 1. The number of aryl methyl sites for hydroxylation is 1. The van der Waals surface area contributed by atoms with Crippen molar-refractivity contribution < 1.29 is 43.1 Å². The van der Waals surface area contributed by atoms with E-state index in [-0.39, 0.29) is 44.6 Å². The van der Waals surface area contributed by atoms with Crippen LogP contribution in [0.4, 0.5) is 5.82 Å². The Hall–Kier alpha value is -7.06. The van der Waals surface area contributed by atoms with Gasteiger partial charge in [-0.05, 0) is 60.0 Å². The van der Waals surface area contributed by atoms with E-state index in [0.29, 0.717) is 33.8 Å². The van der Waals surface area contributed by atoms with Crippen LogP contribution in [0, 0.1) is 6.92 Å². The fraction of sp³-hybridized carbons (Fsp3) is 0.306. The second kappa shape index (κ2) is 19.8. The fourth-order valence-electron chi connectivity index (χ4n) is 8.54. The number of carbonyl (C=O) groups is 1. The van der Waals surface area contributed by atoms with Gasteiger partial charge in [0, 0.05) is 30.2 Å². The number of carbonyl (C=O) groups excluding carboxylic acids is 1. The Morgan fingerprint density at radius 3 is 2.09 bits per heavy atom. The van der Waals surface area contributed by atoms with E-state index in [9.17, 15) is 19.5 Å². The summed E-state index contributed by atoms with van der Waals surface area (Å²) in [5, 5.41) is 13.9. The van der Waals surface area contributed by atoms with Crippen molar-refractivity contribution in [3.8, 4) is 11.5 Å². The molecule has 5 heterocycles. The molecule has 3 aromatic heterocycles. The third-order valence-electron chi connectivity index (χ3n) is 12.1. The summed E-state index contributed by atoms with van der Waals surface area (Å²) in [6.45, 7) is 1.35. The van der Waals surface area contributed by atoms with E-state index < -0.39 is 53.7 Å². The molecule has 0 spiro atoms. The van der Waals surface area contributed by atoms with Crippen molar-refractivity contribution in [1.29, 1.82) is 0 Å². The van der Waals surface area contributed by atoms with Gasteiger partial charge in [-0.15, -0.1) is 0 Å². The van der Waals surface area contributed by atoms with Crippen LogP contribution in [0.3, 0.4) is 0 Å². The highest BCUT2D eigenvalue weighted by atomic mass is 16.7. The van der Waals surface area contributed by atoms with Crippen molar-refractivity contribution in [3.05, 3.63) is 177 Å². The van der Waals surface area contributed by atoms with E-state index in [0.717, 1.165) is 16.7 Å². The normalized spacial score (nSPS) is 20.5. The largest absolute Gasteiger partial charge is 0.497 e. The molecule has 3 N–H and O–H groups in total. The van der Waals surface area contributed by atoms with E-state index in [1.54, 1.807) is 50.0 Å². The molecule has 9 rings (SSSR count). The van der Waals surface area contributed by atoms with Crippen molar-refractivity contribution in [3.63, 3.8) is 0 Å². The minimum atomic E-state index is -1.18. The summed E-state index contributed by atoms with van der Waals surface area (Å²) < 4.78 is 46.5. The van der Waals surface area contributed by atoms with Crippen LogP contribution >= 0.6 is 0 Å². The van der Waals surface area contributed by atoms with E-state index in [1.807, 2.05) is 84.9 Å². The van der Waals surface area contributed by atoms with Gasteiger partial charge in [0.2, 0.25) is 0 Å². The average molecular weight is 912 g/mol. The predicted octanol–water partition coefficient (Wildman–Crippen LogP) is 5.26. The van der Waals surface area contributed by atoms with E-state index in [2.05, 4.69) is 25.3 Å². The van der Waals surface area contributed by atoms with Gasteiger partial charge in [0.1, 0.15) is 54.9 Å². The zero-order chi connectivity index (χ0) is 46.5. The van der Waals surface area contributed by atoms with Crippen LogP contribution in [-0.4, -0.2) is 98.7 Å². The number of benzene rings is 4. The number of aromatic nitrogens is 6. The average Bonchev–Trinajstić information content (AvgIpc) is 4.09. The number of nitrogens with zero attached hydrogens (tertiary/aromatic N) is 5. The van der Waals surface area contributed by atoms with Gasteiger partial charge in [-0.25, -0.2) is 19.7 Å². The number of aliphatic hydroxyl groups is 1. The molecule has 0 aliphatic carbocycles. The summed E-state index contributed by atoms with van der Waals surface area (Å²) in [4.78, 5) is 53.8. The molecule has 0 radical (unpaired) electrons. The number of H-pyrrole nitrogens is 1. The van der Waals surface area contributed by atoms with Crippen LogP contribution in [0.25, 0.3) is 11.2 Å². The van der Waals surface area contributed by atoms with Crippen LogP contribution < -0.4 is 26.0 Å². The van der Waals surface area contributed by atoms with Gasteiger partial charge >= 0.3 is 5.69 Å². The molecule has 0 unspecified atom stereocenters. The smallest absolute Gasteiger partial charge is 0.330 e. The zero-order valence-corrected chi connectivity index (χ0v) is 36.9. The molecule has 0 bridgehead atoms. The number of anilines is 1. The molecule has 6 atom stereocenters. The van der Waals surface area contributed by atoms with Crippen LogP contribution in [0.15, 0.2) is 138 Å². The van der Waals surface area contributed by atoms with Crippen molar-refractivity contribution in [2.45, 2.75) is 62.2 Å². The number of rotatable bonds is 17. The first-order chi connectivity index (χ1) is 32.6. The molecule has 1 amide bonds. The maximum atomic E-state index is 13.1. The zero-order valence-electron chi connectivity index (χ0n) is 36.9. The monoisotopic (exact) mass is 911 g/mol. The van der Waals surface area contributed by atoms with Crippen molar-refractivity contribution in [2.75, 3.05) is 39.5 Å². The third kappa shape index (κ3) is 9.35. The lowest BCUT2D eigenvalue weighted by Crippen LogP contribution is -2.39. The summed E-state index contributed by atoms with van der Waals surface area (Å²) in [5.74, 6) is 1.24. The van der Waals surface area contributed by atoms with Gasteiger partial charge in [-0.2, -0.15) is 0 Å². The molecular weight excluding hydrogens is 863 g/mol. The molecule has 2 aliphatic heterocycles. The number of imidazole rings is 1. The number of hydrogen-bond acceptors (Lipinski definition) is 14. The number of aromatic amines is 1. The minimum Gasteiger partial charge on any atom is -0.497 e. The van der Waals surface area contributed by atoms with Crippen molar-refractivity contribution in [2.24, 2.45) is 0 Å². The van der Waals surface area contributed by atoms with Crippen LogP contribution in [-0.2, 0) is 29.3 Å². The number of hydrogen-bond donors (Lipinski definition) is 3. The molecule has 346 valence electrons. The Balaban J connectivity index is 0.923. The lowest BCUT2D eigenvalue weighted by atomic mass is 9.80. The molecule has 0 saturated carbocycles. The molecule has 2 saturated heterocycles. The summed E-state index contributed by atoms with van der Waals surface area (Å²) in [6.07, 6.45) is 0.233. The predicted molar refractivity (Wildman–Crippen MR) is 243 cm³/mol. The maximum Gasteiger partial charge on any atom is 0.330 e. The molecule has 18 heteroatoms. The Morgan fingerprint density at radius 1 is 0.791 bits per heavy atom. The molecular formula is C49H49N7O11. The number of ether oxygens (including phenoxy) is 7. The maximum absolute atomic E-state index is 13.1. The SMILES string of the molecule is COc1ccc(C(OC[C@H]2O[C@@H](n3cc(C)c(=O)[nH]c3=O)C[C@@H]2OCOC[C@H]2O[C@@H](n3cnc4c(NC(=O)c5ccccc5)ncnc43)C[C@@H]2O)(c2ccccc2)c2ccc(OC)cc2)cc1. The van der Waals surface area contributed by atoms with Crippen LogP contribution in [0.1, 0.15) is 57.9 Å². The number of amides is 1. The lowest BCUT2D eigenvalue weighted by Gasteiger charge is -2.37. The summed E-state index contributed by atoms with van der Waals surface area (Å²) >= 11 is 0. The van der Waals surface area contributed by atoms with Crippen LogP contribution in [0.5, 0.6) is 11.5 Å². The quantitative estimate of drug-likeness (QED) is 0.0605. The second-order valence-corrected chi connectivity index (χ2v) is 16.2. The highest BCUT2D eigenvalue weighted by Gasteiger charge is 2.43. The Bertz CT molecular complexity index is 2860. The third-order valence-corrected chi connectivity index (χ3v) is 12.1. The number of aliphatic hydroxyl groups excluding tert-OH is 1. The first-order valence-corrected chi connectivity index (χ1v) is 21.7. The topological polar surface area (TPSA) is 212 Å². The molecule has 2 fully saturated rings. The molecule has 18 nitrogen and oxygen atoms in total. The second-order valence-electron chi connectivity index (χ2n) is 16.2. The number of methoxy groups -OCH3 is 2. The first kappa shape index (κ1) is 45.1. The Morgan fingerprint density at radius 2 is 1.42 bits per heavy atom. The molecule has 67 heavy (non-hydrogen) atoms.